The van der Waals surface area contributed by atoms with E-state index in [1.54, 1.807) is 6.08 Å². The summed E-state index contributed by atoms with van der Waals surface area (Å²) in [6, 6.07) is 9.31. The third kappa shape index (κ3) is 3.34. The summed E-state index contributed by atoms with van der Waals surface area (Å²) in [5.41, 5.74) is 0.892. The maximum atomic E-state index is 10.7. The molecule has 1 rings (SSSR count). The lowest BCUT2D eigenvalue weighted by atomic mass is 10.2. The zero-order valence-corrected chi connectivity index (χ0v) is 7.58. The van der Waals surface area contributed by atoms with E-state index in [0.717, 1.165) is 5.56 Å². The van der Waals surface area contributed by atoms with Crippen molar-refractivity contribution in [1.82, 2.24) is 0 Å². The van der Waals surface area contributed by atoms with Gasteiger partial charge < -0.3 is 0 Å². The molecule has 0 saturated heterocycles. The Balaban J connectivity index is 2.85. The van der Waals surface area contributed by atoms with Crippen LogP contribution in [0.4, 0.5) is 0 Å². The predicted molar refractivity (Wildman–Crippen MR) is 50.3 cm³/mol. The second kappa shape index (κ2) is 3.54. The van der Waals surface area contributed by atoms with Crippen molar-refractivity contribution >= 4 is 15.9 Å². The molecule has 0 N–H and O–H groups in total. The summed E-state index contributed by atoms with van der Waals surface area (Å²) in [5.74, 6) is 0. The monoisotopic (exact) mass is 182 g/mol. The molecule has 2 nitrogen and oxygen atoms in total. The minimum Gasteiger partial charge on any atom is -0.225 e. The molecule has 0 aromatic heterocycles. The van der Waals surface area contributed by atoms with Gasteiger partial charge in [-0.3, -0.25) is 0 Å². The quantitative estimate of drug-likeness (QED) is 0.697. The highest BCUT2D eigenvalue weighted by Gasteiger charge is 1.91. The fourth-order valence-electron chi connectivity index (χ4n) is 0.766. The molecule has 0 saturated carbocycles. The van der Waals surface area contributed by atoms with Gasteiger partial charge in [-0.1, -0.05) is 30.3 Å². The van der Waals surface area contributed by atoms with Gasteiger partial charge in [0.2, 0.25) is 0 Å². The lowest BCUT2D eigenvalue weighted by Crippen LogP contribution is -1.87. The second-order valence-electron chi connectivity index (χ2n) is 2.54. The molecule has 12 heavy (non-hydrogen) atoms. The van der Waals surface area contributed by atoms with Crippen molar-refractivity contribution in [1.29, 1.82) is 0 Å². The summed E-state index contributed by atoms with van der Waals surface area (Å²) in [5, 5.41) is 1.20. The fourth-order valence-corrected chi connectivity index (χ4v) is 1.17. The molecule has 64 valence electrons. The minimum absolute atomic E-state index is 0.892. The highest BCUT2D eigenvalue weighted by molar-refractivity contribution is 7.93. The summed E-state index contributed by atoms with van der Waals surface area (Å²) >= 11 is 0. The molecule has 0 aliphatic rings. The van der Waals surface area contributed by atoms with E-state index in [9.17, 15) is 8.42 Å². The number of hydrogen-bond donors (Lipinski definition) is 0. The van der Waals surface area contributed by atoms with Crippen LogP contribution in [0, 0.1) is 0 Å². The standard InChI is InChI=1S/C9H10O2S/c1-12(10,11)8-7-9-5-3-2-4-6-9/h2-8H,1H3/b8-7-. The Morgan fingerprint density at radius 1 is 1.17 bits per heavy atom. The summed E-state index contributed by atoms with van der Waals surface area (Å²) < 4.78 is 21.4. The van der Waals surface area contributed by atoms with Crippen LogP contribution in [-0.4, -0.2) is 14.7 Å². The van der Waals surface area contributed by atoms with Gasteiger partial charge in [-0.25, -0.2) is 8.42 Å². The second-order valence-corrected chi connectivity index (χ2v) is 4.47. The summed E-state index contributed by atoms with van der Waals surface area (Å²) in [4.78, 5) is 0. The van der Waals surface area contributed by atoms with Crippen LogP contribution in [-0.2, 0) is 9.84 Å². The maximum absolute atomic E-state index is 10.7. The Labute approximate surface area is 72.5 Å². The van der Waals surface area contributed by atoms with E-state index in [1.165, 1.54) is 11.7 Å². The van der Waals surface area contributed by atoms with Gasteiger partial charge in [0, 0.05) is 11.7 Å². The Morgan fingerprint density at radius 3 is 2.25 bits per heavy atom. The Morgan fingerprint density at radius 2 is 1.75 bits per heavy atom. The van der Waals surface area contributed by atoms with Crippen LogP contribution in [0.1, 0.15) is 5.56 Å². The van der Waals surface area contributed by atoms with Crippen molar-refractivity contribution in [2.24, 2.45) is 0 Å². The van der Waals surface area contributed by atoms with Crippen molar-refractivity contribution in [3.63, 3.8) is 0 Å². The first kappa shape index (κ1) is 9.00. The first-order valence-corrected chi connectivity index (χ1v) is 5.46. The summed E-state index contributed by atoms with van der Waals surface area (Å²) in [6.07, 6.45) is 2.75. The molecule has 0 bridgehead atoms. The Kier molecular flexibility index (Phi) is 2.65. The largest absolute Gasteiger partial charge is 0.225 e. The summed E-state index contributed by atoms with van der Waals surface area (Å²) in [6.45, 7) is 0. The van der Waals surface area contributed by atoms with Crippen molar-refractivity contribution in [3.05, 3.63) is 41.3 Å². The molecule has 1 aromatic carbocycles. The summed E-state index contributed by atoms with van der Waals surface area (Å²) in [7, 11) is -3.00. The van der Waals surface area contributed by atoms with Gasteiger partial charge in [0.25, 0.3) is 0 Å². The average Bonchev–Trinajstić information content (AvgIpc) is 2.02. The fraction of sp³-hybridized carbons (Fsp3) is 0.111. The highest BCUT2D eigenvalue weighted by Crippen LogP contribution is 2.01. The lowest BCUT2D eigenvalue weighted by Gasteiger charge is -1.89. The molecule has 0 amide bonds. The lowest BCUT2D eigenvalue weighted by molar-refractivity contribution is 0.610. The van der Waals surface area contributed by atoms with Crippen LogP contribution in [0.5, 0.6) is 0 Å². The van der Waals surface area contributed by atoms with Crippen molar-refractivity contribution in [2.75, 3.05) is 6.26 Å². The maximum Gasteiger partial charge on any atom is 0.168 e. The van der Waals surface area contributed by atoms with Gasteiger partial charge in [0.05, 0.1) is 0 Å². The number of sulfone groups is 1. The van der Waals surface area contributed by atoms with Crippen molar-refractivity contribution in [3.8, 4) is 0 Å². The molecule has 1 aromatic rings. The topological polar surface area (TPSA) is 34.1 Å². The normalized spacial score (nSPS) is 12.1. The third-order valence-corrected chi connectivity index (χ3v) is 1.94. The van der Waals surface area contributed by atoms with E-state index in [4.69, 9.17) is 0 Å². The Hall–Kier alpha value is -1.09. The molecular weight excluding hydrogens is 172 g/mol. The van der Waals surface area contributed by atoms with Crippen LogP contribution < -0.4 is 0 Å². The van der Waals surface area contributed by atoms with Crippen LogP contribution in [0.2, 0.25) is 0 Å². The molecule has 0 heterocycles. The van der Waals surface area contributed by atoms with E-state index >= 15 is 0 Å². The van der Waals surface area contributed by atoms with Gasteiger partial charge >= 0.3 is 0 Å². The van der Waals surface area contributed by atoms with E-state index < -0.39 is 9.84 Å². The molecule has 0 aliphatic heterocycles. The molecule has 3 heteroatoms. The first-order valence-electron chi connectivity index (χ1n) is 3.51. The molecule has 0 spiro atoms. The zero-order chi connectivity index (χ0) is 9.03. The molecular formula is C9H10O2S. The first-order chi connectivity index (χ1) is 5.58. The molecule has 0 atom stereocenters. The minimum atomic E-state index is -3.00. The van der Waals surface area contributed by atoms with Gasteiger partial charge in [-0.15, -0.1) is 0 Å². The van der Waals surface area contributed by atoms with Gasteiger partial charge in [-0.2, -0.15) is 0 Å². The highest BCUT2D eigenvalue weighted by atomic mass is 32.2. The Bertz CT molecular complexity index is 363. The number of benzene rings is 1. The third-order valence-electron chi connectivity index (χ3n) is 1.31. The van der Waals surface area contributed by atoms with E-state index in [0.29, 0.717) is 0 Å². The van der Waals surface area contributed by atoms with E-state index in [-0.39, 0.29) is 0 Å². The van der Waals surface area contributed by atoms with Crippen LogP contribution in [0.25, 0.3) is 6.08 Å². The molecule has 0 aliphatic carbocycles. The van der Waals surface area contributed by atoms with Crippen molar-refractivity contribution < 1.29 is 8.42 Å². The van der Waals surface area contributed by atoms with Gasteiger partial charge in [-0.05, 0) is 11.6 Å². The van der Waals surface area contributed by atoms with Crippen molar-refractivity contribution in [2.45, 2.75) is 0 Å². The smallest absolute Gasteiger partial charge is 0.168 e. The van der Waals surface area contributed by atoms with Gasteiger partial charge in [0.1, 0.15) is 0 Å². The average molecular weight is 182 g/mol. The van der Waals surface area contributed by atoms with Crippen LogP contribution in [0.15, 0.2) is 35.7 Å². The predicted octanol–water partition coefficient (Wildman–Crippen LogP) is 1.70. The SMILES string of the molecule is CS(=O)(=O)/C=C\c1ccccc1. The van der Waals surface area contributed by atoms with E-state index in [1.807, 2.05) is 30.3 Å². The zero-order valence-electron chi connectivity index (χ0n) is 6.77. The number of hydrogen-bond acceptors (Lipinski definition) is 2. The molecule has 0 unspecified atom stereocenters. The van der Waals surface area contributed by atoms with E-state index in [2.05, 4.69) is 0 Å². The number of rotatable bonds is 2. The molecule has 0 radical (unpaired) electrons. The van der Waals surface area contributed by atoms with Gasteiger partial charge in [0.15, 0.2) is 9.84 Å². The molecule has 0 fully saturated rings. The van der Waals surface area contributed by atoms with Crippen LogP contribution in [0.3, 0.4) is 0 Å². The van der Waals surface area contributed by atoms with Crippen LogP contribution >= 0.6 is 0 Å².